The zero-order valence-electron chi connectivity index (χ0n) is 17.4. The lowest BCUT2D eigenvalue weighted by molar-refractivity contribution is -0.111. The van der Waals surface area contributed by atoms with Gasteiger partial charge in [-0.25, -0.2) is 8.42 Å². The van der Waals surface area contributed by atoms with Crippen LogP contribution in [0.15, 0.2) is 62.4 Å². The van der Waals surface area contributed by atoms with Gasteiger partial charge in [-0.1, -0.05) is 5.16 Å². The molecular formula is C21H20BrN3O6S. The number of nitrogens with zero attached hydrogens (tertiary/aromatic N) is 1. The molecule has 0 fully saturated rings. The lowest BCUT2D eigenvalue weighted by atomic mass is 10.2. The summed E-state index contributed by atoms with van der Waals surface area (Å²) in [5, 5.41) is 6.28. The molecule has 0 atom stereocenters. The van der Waals surface area contributed by atoms with E-state index in [0.717, 1.165) is 5.56 Å². The molecule has 2 N–H and O–H groups in total. The summed E-state index contributed by atoms with van der Waals surface area (Å²) in [6, 6.07) is 10.7. The Balaban J connectivity index is 1.66. The molecule has 0 saturated heterocycles. The molecular weight excluding hydrogens is 502 g/mol. The number of ether oxygens (including phenoxy) is 2. The Hall–Kier alpha value is -3.31. The smallest absolute Gasteiger partial charge is 0.263 e. The highest BCUT2D eigenvalue weighted by molar-refractivity contribution is 9.10. The van der Waals surface area contributed by atoms with E-state index in [1.807, 2.05) is 0 Å². The van der Waals surface area contributed by atoms with Crippen molar-refractivity contribution in [2.45, 2.75) is 11.8 Å². The number of sulfonamides is 1. The number of carbonyl (C=O) groups excluding carboxylic acids is 1. The fourth-order valence-corrected chi connectivity index (χ4v) is 4.32. The number of nitrogens with one attached hydrogen (secondary N) is 2. The molecule has 0 saturated carbocycles. The third-order valence-corrected chi connectivity index (χ3v) is 6.14. The molecule has 2 aromatic carbocycles. The highest BCUT2D eigenvalue weighted by Gasteiger charge is 2.16. The van der Waals surface area contributed by atoms with Crippen LogP contribution in [0.5, 0.6) is 11.5 Å². The van der Waals surface area contributed by atoms with E-state index in [4.69, 9.17) is 14.0 Å². The molecule has 1 heterocycles. The molecule has 0 radical (unpaired) electrons. The Labute approximate surface area is 193 Å². The number of amides is 1. The number of hydrogen-bond acceptors (Lipinski definition) is 7. The molecule has 0 spiro atoms. The molecule has 0 bridgehead atoms. The third kappa shape index (κ3) is 5.68. The van der Waals surface area contributed by atoms with Gasteiger partial charge < -0.3 is 19.3 Å². The van der Waals surface area contributed by atoms with Gasteiger partial charge in [-0.05, 0) is 70.9 Å². The molecule has 3 rings (SSSR count). The van der Waals surface area contributed by atoms with Crippen molar-refractivity contribution in [1.82, 2.24) is 5.16 Å². The van der Waals surface area contributed by atoms with Gasteiger partial charge in [0.1, 0.15) is 5.76 Å². The Morgan fingerprint density at radius 2 is 1.84 bits per heavy atom. The van der Waals surface area contributed by atoms with Crippen molar-refractivity contribution in [3.8, 4) is 11.5 Å². The Morgan fingerprint density at radius 3 is 2.44 bits per heavy atom. The minimum absolute atomic E-state index is 0.0156. The summed E-state index contributed by atoms with van der Waals surface area (Å²) >= 11 is 3.40. The van der Waals surface area contributed by atoms with Crippen LogP contribution in [0.25, 0.3) is 6.08 Å². The van der Waals surface area contributed by atoms with Crippen LogP contribution in [-0.4, -0.2) is 33.7 Å². The molecule has 32 heavy (non-hydrogen) atoms. The second-order valence-electron chi connectivity index (χ2n) is 6.51. The predicted molar refractivity (Wildman–Crippen MR) is 123 cm³/mol. The molecule has 11 heteroatoms. The summed E-state index contributed by atoms with van der Waals surface area (Å²) in [5.74, 6) is 1.26. The SMILES string of the molecule is COc1cc(C=CC(=O)Nc2ccc(S(=O)(=O)Nc3cc(C)on3)cc2)cc(Br)c1OC. The van der Waals surface area contributed by atoms with Crippen molar-refractivity contribution in [3.63, 3.8) is 0 Å². The fourth-order valence-electron chi connectivity index (χ4n) is 2.72. The highest BCUT2D eigenvalue weighted by atomic mass is 79.9. The zero-order valence-corrected chi connectivity index (χ0v) is 19.8. The Morgan fingerprint density at radius 1 is 1.12 bits per heavy atom. The lowest BCUT2D eigenvalue weighted by Gasteiger charge is -2.10. The number of anilines is 2. The van der Waals surface area contributed by atoms with Gasteiger partial charge >= 0.3 is 0 Å². The topological polar surface area (TPSA) is 120 Å². The second kappa shape index (κ2) is 9.88. The molecule has 0 aliphatic rings. The van der Waals surface area contributed by atoms with Crippen LogP contribution in [0, 0.1) is 6.92 Å². The van der Waals surface area contributed by atoms with Crippen molar-refractivity contribution < 1.29 is 27.2 Å². The van der Waals surface area contributed by atoms with Crippen LogP contribution in [0.1, 0.15) is 11.3 Å². The first-order valence-corrected chi connectivity index (χ1v) is 11.5. The second-order valence-corrected chi connectivity index (χ2v) is 9.05. The largest absolute Gasteiger partial charge is 0.493 e. The number of aryl methyl sites for hydroxylation is 1. The maximum atomic E-state index is 12.4. The maximum absolute atomic E-state index is 12.4. The fraction of sp³-hybridized carbons (Fsp3) is 0.143. The summed E-state index contributed by atoms with van der Waals surface area (Å²) in [6.45, 7) is 1.65. The predicted octanol–water partition coefficient (Wildman–Crippen LogP) is 4.22. The molecule has 168 valence electrons. The number of aromatic nitrogens is 1. The van der Waals surface area contributed by atoms with Gasteiger partial charge in [-0.3, -0.25) is 9.52 Å². The highest BCUT2D eigenvalue weighted by Crippen LogP contribution is 2.36. The first-order chi connectivity index (χ1) is 15.2. The van der Waals surface area contributed by atoms with Crippen LogP contribution in [0.3, 0.4) is 0 Å². The number of rotatable bonds is 8. The van der Waals surface area contributed by atoms with E-state index in [-0.39, 0.29) is 16.6 Å². The monoisotopic (exact) mass is 521 g/mol. The van der Waals surface area contributed by atoms with Crippen molar-refractivity contribution in [2.24, 2.45) is 0 Å². The van der Waals surface area contributed by atoms with Gasteiger partial charge in [0.05, 0.1) is 23.6 Å². The van der Waals surface area contributed by atoms with Crippen LogP contribution in [0.2, 0.25) is 0 Å². The van der Waals surface area contributed by atoms with Crippen LogP contribution in [-0.2, 0) is 14.8 Å². The van der Waals surface area contributed by atoms with Crippen molar-refractivity contribution >= 4 is 49.4 Å². The van der Waals surface area contributed by atoms with E-state index >= 15 is 0 Å². The van der Waals surface area contributed by atoms with Crippen molar-refractivity contribution in [2.75, 3.05) is 24.3 Å². The molecule has 3 aromatic rings. The lowest BCUT2D eigenvalue weighted by Crippen LogP contribution is -2.13. The van der Waals surface area contributed by atoms with Crippen LogP contribution >= 0.6 is 15.9 Å². The minimum Gasteiger partial charge on any atom is -0.493 e. The van der Waals surface area contributed by atoms with Gasteiger partial charge in [0.25, 0.3) is 10.0 Å². The van der Waals surface area contributed by atoms with E-state index in [2.05, 4.69) is 31.1 Å². The molecule has 1 aromatic heterocycles. The summed E-state index contributed by atoms with van der Waals surface area (Å²) in [4.78, 5) is 12.3. The molecule has 0 unspecified atom stereocenters. The molecule has 0 aliphatic carbocycles. The summed E-state index contributed by atoms with van der Waals surface area (Å²) in [7, 11) is -0.774. The average molecular weight is 522 g/mol. The van der Waals surface area contributed by atoms with Crippen molar-refractivity contribution in [3.05, 3.63) is 64.3 Å². The summed E-state index contributed by atoms with van der Waals surface area (Å²) < 4.78 is 43.2. The summed E-state index contributed by atoms with van der Waals surface area (Å²) in [5.41, 5.74) is 1.16. The Bertz CT molecular complexity index is 1250. The zero-order chi connectivity index (χ0) is 23.3. The number of benzene rings is 2. The normalized spacial score (nSPS) is 11.4. The first kappa shape index (κ1) is 23.4. The van der Waals surface area contributed by atoms with E-state index in [9.17, 15) is 13.2 Å². The summed E-state index contributed by atoms with van der Waals surface area (Å²) in [6.07, 6.45) is 2.97. The number of halogens is 1. The molecule has 0 aliphatic heterocycles. The molecule has 1 amide bonds. The van der Waals surface area contributed by atoms with Gasteiger partial charge in [-0.2, -0.15) is 0 Å². The van der Waals surface area contributed by atoms with Gasteiger partial charge in [0, 0.05) is 17.8 Å². The van der Waals surface area contributed by atoms with E-state index in [1.54, 1.807) is 25.1 Å². The Kier molecular flexibility index (Phi) is 7.21. The van der Waals surface area contributed by atoms with Gasteiger partial charge in [-0.15, -0.1) is 0 Å². The molecule has 9 nitrogen and oxygen atoms in total. The third-order valence-electron chi connectivity index (χ3n) is 4.18. The first-order valence-electron chi connectivity index (χ1n) is 9.18. The minimum atomic E-state index is -3.83. The number of methoxy groups -OCH3 is 2. The number of hydrogen-bond donors (Lipinski definition) is 2. The van der Waals surface area contributed by atoms with E-state index in [0.29, 0.717) is 27.4 Å². The standard InChI is InChI=1S/C21H20BrN3O6S/c1-13-10-19(24-31-13)25-32(27,28)16-7-5-15(6-8-16)23-20(26)9-4-14-11-17(22)21(30-3)18(12-14)29-2/h4-12H,1-3H3,(H,23,26)(H,24,25). The van der Waals surface area contributed by atoms with Crippen molar-refractivity contribution in [1.29, 1.82) is 0 Å². The van der Waals surface area contributed by atoms with Gasteiger partial charge in [0.2, 0.25) is 5.91 Å². The van der Waals surface area contributed by atoms with Gasteiger partial charge in [0.15, 0.2) is 17.3 Å². The van der Waals surface area contributed by atoms with E-state index in [1.165, 1.54) is 50.6 Å². The van der Waals surface area contributed by atoms with Crippen LogP contribution in [0.4, 0.5) is 11.5 Å². The average Bonchev–Trinajstić information content (AvgIpc) is 3.16. The quantitative estimate of drug-likeness (QED) is 0.425. The number of carbonyl (C=O) groups is 1. The van der Waals surface area contributed by atoms with E-state index < -0.39 is 10.0 Å². The van der Waals surface area contributed by atoms with Crippen LogP contribution < -0.4 is 19.5 Å². The maximum Gasteiger partial charge on any atom is 0.263 e.